The first-order chi connectivity index (χ1) is 11.2. The third-order valence-electron chi connectivity index (χ3n) is 4.30. The summed E-state index contributed by atoms with van der Waals surface area (Å²) in [6.45, 7) is 2.11. The zero-order chi connectivity index (χ0) is 17.8. The van der Waals surface area contributed by atoms with Gasteiger partial charge >= 0.3 is 0 Å². The van der Waals surface area contributed by atoms with E-state index in [1.54, 1.807) is 0 Å². The molecular weight excluding hydrogens is 334 g/mol. The first-order valence-electron chi connectivity index (χ1n) is 7.77. The molecule has 0 aliphatic heterocycles. The van der Waals surface area contributed by atoms with Crippen LogP contribution >= 0.6 is 0 Å². The van der Waals surface area contributed by atoms with E-state index in [1.807, 2.05) is 6.92 Å². The van der Waals surface area contributed by atoms with E-state index in [0.29, 0.717) is 0 Å². The third-order valence-corrected chi connectivity index (χ3v) is 5.76. The van der Waals surface area contributed by atoms with Crippen LogP contribution in [0.5, 0.6) is 0 Å². The number of rotatable bonds is 7. The molecule has 0 spiro atoms. The molecule has 24 heavy (non-hydrogen) atoms. The van der Waals surface area contributed by atoms with Crippen molar-refractivity contribution in [2.45, 2.75) is 37.5 Å². The van der Waals surface area contributed by atoms with Gasteiger partial charge in [0.1, 0.15) is 0 Å². The lowest BCUT2D eigenvalue weighted by Crippen LogP contribution is -2.41. The molecule has 0 radical (unpaired) electrons. The number of carbonyl (C=O) groups is 1. The number of nitro groups is 1. The van der Waals surface area contributed by atoms with Gasteiger partial charge in [0, 0.05) is 30.6 Å². The van der Waals surface area contributed by atoms with E-state index in [2.05, 4.69) is 10.0 Å². The van der Waals surface area contributed by atoms with E-state index in [0.717, 1.165) is 31.7 Å². The van der Waals surface area contributed by atoms with Crippen LogP contribution in [-0.4, -0.2) is 32.3 Å². The van der Waals surface area contributed by atoms with Gasteiger partial charge in [-0.15, -0.1) is 0 Å². The molecule has 2 rings (SSSR count). The predicted molar refractivity (Wildman–Crippen MR) is 87.9 cm³/mol. The Hall–Kier alpha value is -2.00. The van der Waals surface area contributed by atoms with Crippen LogP contribution in [0.15, 0.2) is 29.2 Å². The van der Waals surface area contributed by atoms with E-state index in [-0.39, 0.29) is 35.0 Å². The molecule has 9 heteroatoms. The van der Waals surface area contributed by atoms with Crippen LogP contribution < -0.4 is 10.0 Å². The van der Waals surface area contributed by atoms with Crippen molar-refractivity contribution in [2.24, 2.45) is 5.41 Å². The largest absolute Gasteiger partial charge is 0.354 e. The molecule has 0 aromatic heterocycles. The lowest BCUT2D eigenvalue weighted by atomic mass is 9.88. The maximum Gasteiger partial charge on any atom is 0.270 e. The number of non-ortho nitro benzene ring substituents is 1. The first-order valence-corrected chi connectivity index (χ1v) is 9.25. The second kappa shape index (κ2) is 7.27. The molecule has 0 atom stereocenters. The summed E-state index contributed by atoms with van der Waals surface area (Å²) < 4.78 is 26.6. The Balaban J connectivity index is 1.88. The van der Waals surface area contributed by atoms with Gasteiger partial charge in [0.25, 0.3) is 5.69 Å². The normalized spacial score (nSPS) is 16.7. The van der Waals surface area contributed by atoms with Crippen molar-refractivity contribution < 1.29 is 18.1 Å². The summed E-state index contributed by atoms with van der Waals surface area (Å²) in [6, 6.07) is 4.82. The molecule has 2 N–H and O–H groups in total. The molecule has 0 bridgehead atoms. The van der Waals surface area contributed by atoms with Crippen LogP contribution in [0.2, 0.25) is 0 Å². The van der Waals surface area contributed by atoms with Crippen molar-refractivity contribution in [3.8, 4) is 0 Å². The van der Waals surface area contributed by atoms with Gasteiger partial charge in [0.05, 0.1) is 9.82 Å². The lowest BCUT2D eigenvalue weighted by Gasteiger charge is -2.22. The van der Waals surface area contributed by atoms with Crippen LogP contribution in [-0.2, 0) is 14.8 Å². The average molecular weight is 355 g/mol. The Labute approximate surface area is 140 Å². The van der Waals surface area contributed by atoms with Crippen molar-refractivity contribution in [3.63, 3.8) is 0 Å². The standard InChI is InChI=1S/C15H21N3O5S/c1-15(7-2-3-8-15)14(19)16-9-10-17-24(22,23)13-6-4-5-12(11-13)18(20)21/h4-6,11,17H,2-3,7-10H2,1H3,(H,16,19). The highest BCUT2D eigenvalue weighted by Gasteiger charge is 2.35. The zero-order valence-corrected chi connectivity index (χ0v) is 14.3. The van der Waals surface area contributed by atoms with E-state index in [4.69, 9.17) is 0 Å². The zero-order valence-electron chi connectivity index (χ0n) is 13.4. The minimum absolute atomic E-state index is 0.0207. The van der Waals surface area contributed by atoms with Crippen molar-refractivity contribution in [3.05, 3.63) is 34.4 Å². The van der Waals surface area contributed by atoms with Gasteiger partial charge in [0.15, 0.2) is 0 Å². The maximum atomic E-state index is 12.1. The number of nitrogens with zero attached hydrogens (tertiary/aromatic N) is 1. The quantitative estimate of drug-likeness (QED) is 0.437. The van der Waals surface area contributed by atoms with Crippen molar-refractivity contribution in [1.29, 1.82) is 0 Å². The summed E-state index contributed by atoms with van der Waals surface area (Å²) in [5.41, 5.74) is -0.654. The van der Waals surface area contributed by atoms with Crippen molar-refractivity contribution >= 4 is 21.6 Å². The Morgan fingerprint density at radius 1 is 1.29 bits per heavy atom. The van der Waals surface area contributed by atoms with Gasteiger partial charge in [-0.3, -0.25) is 14.9 Å². The third kappa shape index (κ3) is 4.30. The van der Waals surface area contributed by atoms with Gasteiger partial charge in [0.2, 0.25) is 15.9 Å². The van der Waals surface area contributed by atoms with Crippen LogP contribution in [0.3, 0.4) is 0 Å². The summed E-state index contributed by atoms with van der Waals surface area (Å²) in [5, 5.41) is 13.5. The highest BCUT2D eigenvalue weighted by atomic mass is 32.2. The average Bonchev–Trinajstić information content (AvgIpc) is 2.99. The Bertz CT molecular complexity index is 726. The number of nitrogens with one attached hydrogen (secondary N) is 2. The summed E-state index contributed by atoms with van der Waals surface area (Å²) in [6.07, 6.45) is 3.75. The number of hydrogen-bond donors (Lipinski definition) is 2. The monoisotopic (exact) mass is 355 g/mol. The SMILES string of the molecule is CC1(C(=O)NCCNS(=O)(=O)c2cccc([N+](=O)[O-])c2)CCCC1. The number of nitro benzene ring substituents is 1. The molecular formula is C15H21N3O5S. The first kappa shape index (κ1) is 18.3. The Morgan fingerprint density at radius 3 is 2.58 bits per heavy atom. The van der Waals surface area contributed by atoms with Crippen LogP contribution in [0, 0.1) is 15.5 Å². The van der Waals surface area contributed by atoms with Gasteiger partial charge in [-0.1, -0.05) is 25.8 Å². The number of hydrogen-bond acceptors (Lipinski definition) is 5. The Kier molecular flexibility index (Phi) is 5.55. The van der Waals surface area contributed by atoms with Gasteiger partial charge in [-0.25, -0.2) is 13.1 Å². The van der Waals surface area contributed by atoms with Crippen LogP contribution in [0.1, 0.15) is 32.6 Å². The van der Waals surface area contributed by atoms with Gasteiger partial charge < -0.3 is 5.32 Å². The summed E-state index contributed by atoms with van der Waals surface area (Å²) >= 11 is 0. The molecule has 0 heterocycles. The summed E-state index contributed by atoms with van der Waals surface area (Å²) in [5.74, 6) is -0.0606. The Morgan fingerprint density at radius 2 is 1.96 bits per heavy atom. The fourth-order valence-electron chi connectivity index (χ4n) is 2.80. The fourth-order valence-corrected chi connectivity index (χ4v) is 3.88. The number of benzene rings is 1. The van der Waals surface area contributed by atoms with Gasteiger partial charge in [-0.05, 0) is 18.9 Å². The van der Waals surface area contributed by atoms with E-state index in [9.17, 15) is 23.3 Å². The molecule has 1 aromatic rings. The molecule has 132 valence electrons. The molecule has 1 aliphatic carbocycles. The second-order valence-corrected chi connectivity index (χ2v) is 7.94. The van der Waals surface area contributed by atoms with Crippen LogP contribution in [0.25, 0.3) is 0 Å². The van der Waals surface area contributed by atoms with Crippen molar-refractivity contribution in [1.82, 2.24) is 10.0 Å². The molecule has 1 saturated carbocycles. The second-order valence-electron chi connectivity index (χ2n) is 6.18. The summed E-state index contributed by atoms with van der Waals surface area (Å²) in [4.78, 5) is 22.0. The molecule has 1 aliphatic rings. The number of amides is 1. The van der Waals surface area contributed by atoms with Crippen LogP contribution in [0.4, 0.5) is 5.69 Å². The van der Waals surface area contributed by atoms with Gasteiger partial charge in [-0.2, -0.15) is 0 Å². The molecule has 1 aromatic carbocycles. The molecule has 0 saturated heterocycles. The molecule has 1 fully saturated rings. The number of carbonyl (C=O) groups excluding carboxylic acids is 1. The fraction of sp³-hybridized carbons (Fsp3) is 0.533. The molecule has 8 nitrogen and oxygen atoms in total. The number of sulfonamides is 1. The van der Waals surface area contributed by atoms with E-state index < -0.39 is 14.9 Å². The summed E-state index contributed by atoms with van der Waals surface area (Å²) in [7, 11) is -3.85. The minimum atomic E-state index is -3.85. The van der Waals surface area contributed by atoms with E-state index in [1.165, 1.54) is 18.2 Å². The lowest BCUT2D eigenvalue weighted by molar-refractivity contribution is -0.385. The molecule has 1 amide bonds. The minimum Gasteiger partial charge on any atom is -0.354 e. The predicted octanol–water partition coefficient (Wildman–Crippen LogP) is 1.57. The highest BCUT2D eigenvalue weighted by Crippen LogP contribution is 2.37. The van der Waals surface area contributed by atoms with Crippen molar-refractivity contribution in [2.75, 3.05) is 13.1 Å². The topological polar surface area (TPSA) is 118 Å². The maximum absolute atomic E-state index is 12.1. The van der Waals surface area contributed by atoms with E-state index >= 15 is 0 Å². The highest BCUT2D eigenvalue weighted by molar-refractivity contribution is 7.89. The smallest absolute Gasteiger partial charge is 0.270 e. The molecule has 0 unspecified atom stereocenters.